The van der Waals surface area contributed by atoms with Gasteiger partial charge in [-0.15, -0.1) is 0 Å². The van der Waals surface area contributed by atoms with E-state index < -0.39 is 27.8 Å². The number of hydrogen-bond donors (Lipinski definition) is 1. The van der Waals surface area contributed by atoms with Crippen LogP contribution in [0.3, 0.4) is 0 Å². The molecule has 1 saturated heterocycles. The summed E-state index contributed by atoms with van der Waals surface area (Å²) in [7, 11) is 0. The number of carbonyl (C=O) groups excluding carboxylic acids is 1. The molecule has 2 N–H and O–H groups in total. The number of carboxylic acid groups (broad SMARTS) is 1. The summed E-state index contributed by atoms with van der Waals surface area (Å²) in [5.41, 5.74) is -2.97. The highest BCUT2D eigenvalue weighted by Crippen LogP contribution is 2.84. The molecule has 1 unspecified atom stereocenters. The van der Waals surface area contributed by atoms with Gasteiger partial charge in [-0.2, -0.15) is 5.26 Å². The smallest absolute Gasteiger partial charge is 0.127 e. The Kier molecular flexibility index (Phi) is 4.29. The van der Waals surface area contributed by atoms with Gasteiger partial charge in [-0.1, -0.05) is 44.2 Å². The number of nitriles is 1. The van der Waals surface area contributed by atoms with E-state index in [2.05, 4.69) is 6.07 Å². The summed E-state index contributed by atoms with van der Waals surface area (Å²) >= 11 is 0. The molecular formula is C24H26N3O3-. The lowest BCUT2D eigenvalue weighted by molar-refractivity contribution is -0.316. The van der Waals surface area contributed by atoms with Crippen LogP contribution >= 0.6 is 0 Å². The van der Waals surface area contributed by atoms with Crippen molar-refractivity contribution in [3.8, 4) is 17.6 Å². The Balaban J connectivity index is 1.70. The number of aliphatic carboxylic acids is 1. The number of carboxylic acids is 1. The second-order valence-electron chi connectivity index (χ2n) is 9.44. The molecule has 156 valence electrons. The number of rotatable bonds is 6. The van der Waals surface area contributed by atoms with E-state index in [0.29, 0.717) is 11.5 Å². The van der Waals surface area contributed by atoms with Gasteiger partial charge in [0.1, 0.15) is 11.5 Å². The second kappa shape index (κ2) is 6.31. The molecular weight excluding hydrogens is 378 g/mol. The van der Waals surface area contributed by atoms with Gasteiger partial charge >= 0.3 is 0 Å². The van der Waals surface area contributed by atoms with E-state index in [1.165, 1.54) is 0 Å². The first-order valence-electron chi connectivity index (χ1n) is 10.0. The molecule has 1 aliphatic heterocycles. The van der Waals surface area contributed by atoms with E-state index in [1.807, 2.05) is 82.3 Å². The molecule has 4 rings (SSSR count). The average Bonchev–Trinajstić information content (AvgIpc) is 3.37. The van der Waals surface area contributed by atoms with Crippen molar-refractivity contribution in [3.63, 3.8) is 0 Å². The van der Waals surface area contributed by atoms with Crippen molar-refractivity contribution in [2.24, 2.45) is 22.1 Å². The van der Waals surface area contributed by atoms with Crippen molar-refractivity contribution in [2.45, 2.75) is 45.7 Å². The van der Waals surface area contributed by atoms with Gasteiger partial charge in [-0.25, -0.2) is 5.01 Å². The Bertz CT molecular complexity index is 1040. The Morgan fingerprint density at radius 3 is 2.27 bits per heavy atom. The third-order valence-corrected chi connectivity index (χ3v) is 7.49. The number of hydrogen-bond acceptors (Lipinski definition) is 6. The number of para-hydroxylation sites is 1. The molecule has 0 aromatic heterocycles. The lowest BCUT2D eigenvalue weighted by atomic mass is 9.82. The SMILES string of the molecule is CC1(C)[C@H]([C@]2(C#N)C(C)(C)[C@@]2(Cc2cccc(Oc3ccccc3)c2)C(=O)[O-])N1N. The third-order valence-electron chi connectivity index (χ3n) is 7.49. The van der Waals surface area contributed by atoms with Crippen molar-refractivity contribution in [1.29, 1.82) is 5.26 Å². The van der Waals surface area contributed by atoms with E-state index in [1.54, 1.807) is 5.01 Å². The van der Waals surface area contributed by atoms with Gasteiger partial charge in [0.25, 0.3) is 0 Å². The summed E-state index contributed by atoms with van der Waals surface area (Å²) in [4.78, 5) is 12.6. The lowest BCUT2D eigenvalue weighted by Crippen LogP contribution is -2.41. The molecule has 6 heteroatoms. The van der Waals surface area contributed by atoms with E-state index >= 15 is 0 Å². The number of nitrogens with zero attached hydrogens (tertiary/aromatic N) is 2. The molecule has 2 aliphatic rings. The first kappa shape index (κ1) is 20.4. The molecule has 0 spiro atoms. The van der Waals surface area contributed by atoms with Gasteiger partial charge in [0.05, 0.1) is 23.5 Å². The molecule has 0 radical (unpaired) electrons. The van der Waals surface area contributed by atoms with Crippen LogP contribution in [0.4, 0.5) is 0 Å². The fourth-order valence-corrected chi connectivity index (χ4v) is 5.63. The standard InChI is InChI=1S/C24H27N3O3/c1-21(2)19(27(21)26)24(15-25)22(3,4)23(24,20(28)29)14-16-9-8-12-18(13-16)30-17-10-6-5-7-11-17/h5-13,19H,14,26H2,1-4H3,(H,28,29)/p-1/t19-,23-,24-,27?/m1/s1. The Labute approximate surface area is 176 Å². The van der Waals surface area contributed by atoms with Crippen molar-refractivity contribution in [2.75, 3.05) is 0 Å². The van der Waals surface area contributed by atoms with Crippen LogP contribution in [0.15, 0.2) is 54.6 Å². The predicted molar refractivity (Wildman–Crippen MR) is 110 cm³/mol. The highest BCUT2D eigenvalue weighted by atomic mass is 16.5. The molecule has 2 aromatic carbocycles. The van der Waals surface area contributed by atoms with Gasteiger partial charge in [0.2, 0.25) is 0 Å². The maximum Gasteiger partial charge on any atom is 0.127 e. The Morgan fingerprint density at radius 1 is 1.13 bits per heavy atom. The van der Waals surface area contributed by atoms with Crippen LogP contribution in [0.25, 0.3) is 0 Å². The van der Waals surface area contributed by atoms with Gasteiger partial charge in [0, 0.05) is 11.0 Å². The zero-order valence-electron chi connectivity index (χ0n) is 17.7. The van der Waals surface area contributed by atoms with Gasteiger partial charge in [0.15, 0.2) is 0 Å². The molecule has 0 bridgehead atoms. The van der Waals surface area contributed by atoms with Crippen LogP contribution in [0.1, 0.15) is 33.3 Å². The summed E-state index contributed by atoms with van der Waals surface area (Å²) in [6, 6.07) is 18.7. The zero-order valence-corrected chi connectivity index (χ0v) is 17.7. The first-order chi connectivity index (χ1) is 14.1. The average molecular weight is 404 g/mol. The molecule has 4 atom stereocenters. The molecule has 30 heavy (non-hydrogen) atoms. The summed E-state index contributed by atoms with van der Waals surface area (Å²) < 4.78 is 5.90. The van der Waals surface area contributed by atoms with Crippen molar-refractivity contribution < 1.29 is 14.6 Å². The Hall–Kier alpha value is -2.88. The number of hydrazine groups is 1. The largest absolute Gasteiger partial charge is 0.549 e. The molecule has 1 aliphatic carbocycles. The minimum absolute atomic E-state index is 0.169. The number of carbonyl (C=O) groups is 1. The van der Waals surface area contributed by atoms with Gasteiger partial charge in [-0.05, 0) is 55.5 Å². The third kappa shape index (κ3) is 2.39. The van der Waals surface area contributed by atoms with Gasteiger partial charge in [-0.3, -0.25) is 5.84 Å². The fraction of sp³-hybridized carbons (Fsp3) is 0.417. The Morgan fingerprint density at radius 2 is 1.73 bits per heavy atom. The molecule has 0 amide bonds. The number of benzene rings is 2. The zero-order chi connectivity index (χ0) is 21.9. The quantitative estimate of drug-likeness (QED) is 0.587. The molecule has 1 heterocycles. The van der Waals surface area contributed by atoms with Crippen LogP contribution in [-0.4, -0.2) is 22.6 Å². The van der Waals surface area contributed by atoms with Gasteiger partial charge < -0.3 is 14.6 Å². The van der Waals surface area contributed by atoms with Crippen molar-refractivity contribution in [1.82, 2.24) is 5.01 Å². The highest BCUT2D eigenvalue weighted by molar-refractivity contribution is 5.84. The van der Waals surface area contributed by atoms with E-state index in [9.17, 15) is 15.2 Å². The number of ether oxygens (including phenoxy) is 1. The summed E-state index contributed by atoms with van der Waals surface area (Å²) in [6.45, 7) is 7.52. The molecule has 1 saturated carbocycles. The minimum atomic E-state index is -1.35. The van der Waals surface area contributed by atoms with Crippen LogP contribution in [0.2, 0.25) is 0 Å². The van der Waals surface area contributed by atoms with Crippen LogP contribution in [0.5, 0.6) is 11.5 Å². The minimum Gasteiger partial charge on any atom is -0.549 e. The summed E-state index contributed by atoms with van der Waals surface area (Å²) in [5, 5.41) is 24.4. The normalized spacial score (nSPS) is 32.7. The van der Waals surface area contributed by atoms with E-state index in [4.69, 9.17) is 10.6 Å². The van der Waals surface area contributed by atoms with E-state index in [0.717, 1.165) is 5.56 Å². The van der Waals surface area contributed by atoms with Crippen LogP contribution in [0, 0.1) is 27.6 Å². The van der Waals surface area contributed by atoms with Crippen LogP contribution in [-0.2, 0) is 11.2 Å². The molecule has 2 aromatic rings. The number of nitrogens with two attached hydrogens (primary N) is 1. The van der Waals surface area contributed by atoms with Crippen molar-refractivity contribution in [3.05, 3.63) is 60.2 Å². The highest BCUT2D eigenvalue weighted by Gasteiger charge is 2.91. The predicted octanol–water partition coefficient (Wildman–Crippen LogP) is 2.64. The lowest BCUT2D eigenvalue weighted by Gasteiger charge is -2.24. The molecule has 2 fully saturated rings. The summed E-state index contributed by atoms with van der Waals surface area (Å²) in [5.74, 6) is 6.24. The maximum atomic E-state index is 12.6. The second-order valence-corrected chi connectivity index (χ2v) is 9.44. The maximum absolute atomic E-state index is 12.6. The topological polar surface area (TPSA) is 102 Å². The van der Waals surface area contributed by atoms with E-state index in [-0.39, 0.29) is 12.5 Å². The van der Waals surface area contributed by atoms with Crippen LogP contribution < -0.4 is 15.7 Å². The molecule has 6 nitrogen and oxygen atoms in total. The first-order valence-corrected chi connectivity index (χ1v) is 10.0. The fourth-order valence-electron chi connectivity index (χ4n) is 5.63. The summed E-state index contributed by atoms with van der Waals surface area (Å²) in [6.07, 6.45) is 0.169. The monoisotopic (exact) mass is 404 g/mol. The van der Waals surface area contributed by atoms with Crippen molar-refractivity contribution >= 4 is 5.97 Å².